The number of nitrogens with one attached hydrogen (secondary N) is 1. The van der Waals surface area contributed by atoms with Gasteiger partial charge in [-0.1, -0.05) is 12.1 Å². The largest absolute Gasteiger partial charge is 0.507 e. The Balaban J connectivity index is 1.60. The molecule has 0 radical (unpaired) electrons. The van der Waals surface area contributed by atoms with Crippen LogP contribution in [0.1, 0.15) is 31.1 Å². The number of para-hydroxylation sites is 2. The van der Waals surface area contributed by atoms with Crippen LogP contribution >= 0.6 is 0 Å². The molecule has 8 heteroatoms. The fourth-order valence-electron chi connectivity index (χ4n) is 3.50. The zero-order valence-electron chi connectivity index (χ0n) is 19.3. The second-order valence-electron chi connectivity index (χ2n) is 7.27. The van der Waals surface area contributed by atoms with E-state index in [2.05, 4.69) is 10.3 Å². The molecule has 4 aromatic rings. The van der Waals surface area contributed by atoms with Crippen molar-refractivity contribution >= 4 is 22.7 Å². The Labute approximate surface area is 197 Å². The van der Waals surface area contributed by atoms with E-state index >= 15 is 0 Å². The van der Waals surface area contributed by atoms with Crippen LogP contribution in [0.15, 0.2) is 59.0 Å². The number of carbonyl (C=O) groups is 1. The van der Waals surface area contributed by atoms with Crippen molar-refractivity contribution in [3.05, 3.63) is 60.2 Å². The lowest BCUT2D eigenvalue weighted by molar-refractivity contribution is 0.102. The zero-order valence-corrected chi connectivity index (χ0v) is 19.3. The van der Waals surface area contributed by atoms with Gasteiger partial charge < -0.3 is 29.1 Å². The Bertz CT molecular complexity index is 1250. The van der Waals surface area contributed by atoms with Gasteiger partial charge in [0.05, 0.1) is 25.4 Å². The Morgan fingerprint density at radius 1 is 0.941 bits per heavy atom. The Kier molecular flexibility index (Phi) is 6.87. The Morgan fingerprint density at radius 2 is 1.62 bits per heavy atom. The van der Waals surface area contributed by atoms with Crippen molar-refractivity contribution in [3.63, 3.8) is 0 Å². The summed E-state index contributed by atoms with van der Waals surface area (Å²) in [6, 6.07) is 15.3. The molecule has 8 nitrogen and oxygen atoms in total. The maximum atomic E-state index is 13.0. The number of amides is 1. The first-order chi connectivity index (χ1) is 16.5. The molecule has 0 bridgehead atoms. The standard InChI is InChI=1S/C26H26N2O6/c1-4-31-22-13-16(14-23(32-5-2)24(22)33-6-3)25(30)27-17-11-12-18(20(29)15-17)26-28-19-9-7-8-10-21(19)34-26/h7-15,29H,4-6H2,1-3H3,(H,27,30). The summed E-state index contributed by atoms with van der Waals surface area (Å²) < 4.78 is 22.8. The molecule has 4 rings (SSSR count). The molecular formula is C26H26N2O6. The van der Waals surface area contributed by atoms with Crippen molar-refractivity contribution in [2.45, 2.75) is 20.8 Å². The molecule has 3 aromatic carbocycles. The topological polar surface area (TPSA) is 103 Å². The lowest BCUT2D eigenvalue weighted by atomic mass is 10.1. The molecule has 0 aliphatic heterocycles. The van der Waals surface area contributed by atoms with Crippen molar-refractivity contribution in [3.8, 4) is 34.5 Å². The first-order valence-corrected chi connectivity index (χ1v) is 11.1. The summed E-state index contributed by atoms with van der Waals surface area (Å²) in [6.45, 7) is 6.80. The average molecular weight is 463 g/mol. The van der Waals surface area contributed by atoms with Gasteiger partial charge in [-0.15, -0.1) is 0 Å². The molecule has 1 amide bonds. The molecule has 34 heavy (non-hydrogen) atoms. The number of anilines is 1. The van der Waals surface area contributed by atoms with E-state index in [1.807, 2.05) is 39.0 Å². The zero-order chi connectivity index (χ0) is 24.1. The second kappa shape index (κ2) is 10.2. The summed E-state index contributed by atoms with van der Waals surface area (Å²) in [6.07, 6.45) is 0. The summed E-state index contributed by atoms with van der Waals surface area (Å²) in [4.78, 5) is 17.4. The van der Waals surface area contributed by atoms with E-state index in [9.17, 15) is 9.90 Å². The number of fused-ring (bicyclic) bond motifs is 1. The highest BCUT2D eigenvalue weighted by atomic mass is 16.5. The Morgan fingerprint density at radius 3 is 2.24 bits per heavy atom. The third kappa shape index (κ3) is 4.76. The van der Waals surface area contributed by atoms with E-state index in [0.29, 0.717) is 70.9 Å². The number of aromatic hydroxyl groups is 1. The Hall–Kier alpha value is -4.20. The number of aromatic nitrogens is 1. The number of rotatable bonds is 9. The third-order valence-electron chi connectivity index (χ3n) is 4.95. The minimum absolute atomic E-state index is 0.0685. The molecule has 0 saturated carbocycles. The van der Waals surface area contributed by atoms with Crippen molar-refractivity contribution in [2.75, 3.05) is 25.1 Å². The summed E-state index contributed by atoms with van der Waals surface area (Å²) in [5.41, 5.74) is 2.48. The lowest BCUT2D eigenvalue weighted by Crippen LogP contribution is -2.13. The minimum atomic E-state index is -0.390. The van der Waals surface area contributed by atoms with Crippen LogP contribution < -0.4 is 19.5 Å². The fraction of sp³-hybridized carbons (Fsp3) is 0.231. The van der Waals surface area contributed by atoms with Gasteiger partial charge in [-0.25, -0.2) is 4.98 Å². The molecule has 0 aliphatic carbocycles. The van der Waals surface area contributed by atoms with E-state index in [1.54, 1.807) is 30.3 Å². The van der Waals surface area contributed by atoms with Crippen LogP contribution in [0, 0.1) is 0 Å². The average Bonchev–Trinajstić information content (AvgIpc) is 3.25. The number of benzene rings is 3. The molecule has 0 spiro atoms. The quantitative estimate of drug-likeness (QED) is 0.331. The first kappa shape index (κ1) is 23.0. The highest BCUT2D eigenvalue weighted by Gasteiger charge is 2.19. The molecule has 0 fully saturated rings. The van der Waals surface area contributed by atoms with Crippen LogP contribution in [0.4, 0.5) is 5.69 Å². The van der Waals surface area contributed by atoms with Crippen molar-refractivity contribution in [1.82, 2.24) is 4.98 Å². The molecular weight excluding hydrogens is 436 g/mol. The number of ether oxygens (including phenoxy) is 3. The monoisotopic (exact) mass is 462 g/mol. The van der Waals surface area contributed by atoms with Gasteiger partial charge in [0.2, 0.25) is 11.6 Å². The molecule has 2 N–H and O–H groups in total. The lowest BCUT2D eigenvalue weighted by Gasteiger charge is -2.17. The summed E-state index contributed by atoms with van der Waals surface area (Å²) in [5, 5.41) is 13.4. The highest BCUT2D eigenvalue weighted by molar-refractivity contribution is 6.05. The molecule has 1 aromatic heterocycles. The van der Waals surface area contributed by atoms with Crippen LogP contribution in [0.5, 0.6) is 23.0 Å². The normalized spacial score (nSPS) is 10.8. The van der Waals surface area contributed by atoms with Crippen molar-refractivity contribution in [2.24, 2.45) is 0 Å². The van der Waals surface area contributed by atoms with Gasteiger partial charge in [-0.2, -0.15) is 0 Å². The summed E-state index contributed by atoms with van der Waals surface area (Å²) in [7, 11) is 0. The second-order valence-corrected chi connectivity index (χ2v) is 7.27. The number of phenolic OH excluding ortho intramolecular Hbond substituents is 1. The van der Waals surface area contributed by atoms with Crippen molar-refractivity contribution in [1.29, 1.82) is 0 Å². The SMILES string of the molecule is CCOc1cc(C(=O)Nc2ccc(-c3nc4ccccc4o3)c(O)c2)cc(OCC)c1OCC. The van der Waals surface area contributed by atoms with E-state index in [-0.39, 0.29) is 11.7 Å². The van der Waals surface area contributed by atoms with E-state index < -0.39 is 0 Å². The molecule has 0 saturated heterocycles. The molecule has 176 valence electrons. The van der Waals surface area contributed by atoms with E-state index in [4.69, 9.17) is 18.6 Å². The minimum Gasteiger partial charge on any atom is -0.507 e. The molecule has 0 unspecified atom stereocenters. The highest BCUT2D eigenvalue weighted by Crippen LogP contribution is 2.39. The smallest absolute Gasteiger partial charge is 0.255 e. The van der Waals surface area contributed by atoms with Gasteiger partial charge in [0, 0.05) is 17.3 Å². The van der Waals surface area contributed by atoms with Gasteiger partial charge in [-0.3, -0.25) is 4.79 Å². The predicted molar refractivity (Wildman–Crippen MR) is 129 cm³/mol. The number of nitrogens with zero attached hydrogens (tertiary/aromatic N) is 1. The van der Waals surface area contributed by atoms with E-state index in [1.165, 1.54) is 6.07 Å². The maximum absolute atomic E-state index is 13.0. The molecule has 0 aliphatic rings. The van der Waals surface area contributed by atoms with Crippen molar-refractivity contribution < 1.29 is 28.5 Å². The third-order valence-corrected chi connectivity index (χ3v) is 4.95. The maximum Gasteiger partial charge on any atom is 0.255 e. The van der Waals surface area contributed by atoms with Gasteiger partial charge in [0.1, 0.15) is 11.3 Å². The van der Waals surface area contributed by atoms with Crippen LogP contribution in [0.2, 0.25) is 0 Å². The van der Waals surface area contributed by atoms with Gasteiger partial charge in [-0.05, 0) is 57.2 Å². The fourth-order valence-corrected chi connectivity index (χ4v) is 3.50. The van der Waals surface area contributed by atoms with Gasteiger partial charge in [0.25, 0.3) is 5.91 Å². The molecule has 0 atom stereocenters. The predicted octanol–water partition coefficient (Wildman–Crippen LogP) is 5.65. The summed E-state index contributed by atoms with van der Waals surface area (Å²) >= 11 is 0. The number of hydrogen-bond donors (Lipinski definition) is 2. The van der Waals surface area contributed by atoms with E-state index in [0.717, 1.165) is 0 Å². The number of phenols is 1. The van der Waals surface area contributed by atoms with Crippen LogP contribution in [-0.4, -0.2) is 35.8 Å². The van der Waals surface area contributed by atoms with Crippen LogP contribution in [-0.2, 0) is 0 Å². The summed E-state index contributed by atoms with van der Waals surface area (Å²) in [5.74, 6) is 1.15. The first-order valence-electron chi connectivity index (χ1n) is 11.1. The number of hydrogen-bond acceptors (Lipinski definition) is 7. The van der Waals surface area contributed by atoms with Gasteiger partial charge in [0.15, 0.2) is 17.1 Å². The number of oxazole rings is 1. The van der Waals surface area contributed by atoms with Gasteiger partial charge >= 0.3 is 0 Å². The van der Waals surface area contributed by atoms with Crippen LogP contribution in [0.25, 0.3) is 22.6 Å². The van der Waals surface area contributed by atoms with Crippen LogP contribution in [0.3, 0.4) is 0 Å². The molecule has 1 heterocycles. The number of carbonyl (C=O) groups excluding carboxylic acids is 1.